The number of carbonyl (C=O) groups excluding carboxylic acids is 1. The fraction of sp³-hybridized carbons (Fsp3) is 0.370. The Hall–Kier alpha value is -2.92. The minimum absolute atomic E-state index is 0.0419. The number of H-pyrrole nitrogens is 1. The van der Waals surface area contributed by atoms with Gasteiger partial charge in [-0.25, -0.2) is 4.98 Å². The van der Waals surface area contributed by atoms with Gasteiger partial charge in [-0.05, 0) is 72.9 Å². The van der Waals surface area contributed by atoms with Crippen molar-refractivity contribution in [3.05, 3.63) is 83.1 Å². The molecule has 1 aliphatic heterocycles. The average molecular weight is 463 g/mol. The number of nitrogens with zero attached hydrogens (tertiary/aromatic N) is 3. The van der Waals surface area contributed by atoms with E-state index in [2.05, 4.69) is 41.7 Å². The topological polar surface area (TPSA) is 61.4 Å². The number of likely N-dealkylation sites (tertiary alicyclic amines) is 1. The molecule has 0 radical (unpaired) electrons. The number of aromatic nitrogens is 2. The number of rotatable bonds is 5. The summed E-state index contributed by atoms with van der Waals surface area (Å²) in [5.41, 5.74) is 5.62. The number of hydrogen-bond acceptors (Lipinski definition) is 3. The molecule has 172 valence electrons. The van der Waals surface area contributed by atoms with E-state index >= 15 is 0 Å². The van der Waals surface area contributed by atoms with Crippen LogP contribution in [-0.4, -0.2) is 39.6 Å². The van der Waals surface area contributed by atoms with Crippen molar-refractivity contribution >= 4 is 29.3 Å². The molecule has 4 rings (SSSR count). The monoisotopic (exact) mass is 462 g/mol. The lowest BCUT2D eigenvalue weighted by molar-refractivity contribution is -0.127. The fourth-order valence-electron chi connectivity index (χ4n) is 4.84. The second-order valence-electron chi connectivity index (χ2n) is 8.73. The van der Waals surface area contributed by atoms with Gasteiger partial charge in [-0.2, -0.15) is 0 Å². The summed E-state index contributed by atoms with van der Waals surface area (Å²) in [4.78, 5) is 26.5. The highest BCUT2D eigenvalue weighted by molar-refractivity contribution is 6.30. The molecule has 1 atom stereocenters. The Morgan fingerprint density at radius 1 is 1.33 bits per heavy atom. The molecule has 1 aliphatic carbocycles. The van der Waals surface area contributed by atoms with Gasteiger partial charge in [0.25, 0.3) is 0 Å². The molecular formula is C27H31ClN4O. The van der Waals surface area contributed by atoms with Crippen LogP contribution in [0, 0.1) is 5.92 Å². The number of nitrogens with one attached hydrogen (secondary N) is 1. The molecule has 6 heteroatoms. The maximum absolute atomic E-state index is 12.7. The van der Waals surface area contributed by atoms with Gasteiger partial charge in [-0.15, -0.1) is 0 Å². The van der Waals surface area contributed by atoms with Crippen molar-refractivity contribution in [2.24, 2.45) is 10.9 Å². The van der Waals surface area contributed by atoms with E-state index in [9.17, 15) is 4.79 Å². The Morgan fingerprint density at radius 2 is 2.15 bits per heavy atom. The van der Waals surface area contributed by atoms with Crippen molar-refractivity contribution in [1.29, 1.82) is 0 Å². The van der Waals surface area contributed by atoms with Crippen LogP contribution >= 0.6 is 11.6 Å². The lowest BCUT2D eigenvalue weighted by Crippen LogP contribution is -2.40. The zero-order valence-electron chi connectivity index (χ0n) is 19.1. The van der Waals surface area contributed by atoms with Crippen LogP contribution in [0.25, 0.3) is 6.08 Å². The lowest BCUT2D eigenvalue weighted by atomic mass is 9.75. The molecule has 2 aliphatic rings. The molecule has 0 spiro atoms. The van der Waals surface area contributed by atoms with Crippen molar-refractivity contribution < 1.29 is 4.79 Å². The second-order valence-corrected chi connectivity index (χ2v) is 9.17. The van der Waals surface area contributed by atoms with Crippen LogP contribution in [0.5, 0.6) is 0 Å². The third-order valence-electron chi connectivity index (χ3n) is 6.60. The molecule has 1 unspecified atom stereocenters. The first kappa shape index (κ1) is 23.2. The highest BCUT2D eigenvalue weighted by Crippen LogP contribution is 2.41. The molecule has 2 heterocycles. The summed E-state index contributed by atoms with van der Waals surface area (Å²) in [5.74, 6) is 0.612. The molecule has 1 N–H and O–H groups in total. The van der Waals surface area contributed by atoms with Crippen LogP contribution in [0.3, 0.4) is 0 Å². The van der Waals surface area contributed by atoms with E-state index < -0.39 is 0 Å². The summed E-state index contributed by atoms with van der Waals surface area (Å²) in [6.45, 7) is 7.98. The molecule has 5 nitrogen and oxygen atoms in total. The molecule has 0 saturated carbocycles. The Balaban J connectivity index is 1.56. The van der Waals surface area contributed by atoms with E-state index in [-0.39, 0.29) is 11.8 Å². The van der Waals surface area contributed by atoms with Crippen LogP contribution in [0.4, 0.5) is 0 Å². The molecule has 33 heavy (non-hydrogen) atoms. The van der Waals surface area contributed by atoms with Gasteiger partial charge >= 0.3 is 0 Å². The van der Waals surface area contributed by atoms with Crippen molar-refractivity contribution in [1.82, 2.24) is 14.9 Å². The first-order valence-electron chi connectivity index (χ1n) is 11.7. The summed E-state index contributed by atoms with van der Waals surface area (Å²) < 4.78 is 0. The maximum Gasteiger partial charge on any atom is 0.246 e. The number of halogens is 1. The number of aromatic amines is 1. The van der Waals surface area contributed by atoms with Gasteiger partial charge in [0.2, 0.25) is 5.91 Å². The Morgan fingerprint density at radius 3 is 2.88 bits per heavy atom. The number of benzene rings is 1. The minimum Gasteiger partial charge on any atom is -0.345 e. The molecular weight excluding hydrogens is 432 g/mol. The summed E-state index contributed by atoms with van der Waals surface area (Å²) in [6, 6.07) is 6.26. The predicted molar refractivity (Wildman–Crippen MR) is 135 cm³/mol. The predicted octanol–water partition coefficient (Wildman–Crippen LogP) is 5.97. The maximum atomic E-state index is 12.7. The number of fused-ring (bicyclic) bond motifs is 1. The quantitative estimate of drug-likeness (QED) is 0.439. The van der Waals surface area contributed by atoms with E-state index in [1.807, 2.05) is 17.2 Å². The normalized spacial score (nSPS) is 21.2. The average Bonchev–Trinajstić information content (AvgIpc) is 3.31. The van der Waals surface area contributed by atoms with Gasteiger partial charge < -0.3 is 9.88 Å². The summed E-state index contributed by atoms with van der Waals surface area (Å²) in [7, 11) is 0. The van der Waals surface area contributed by atoms with Gasteiger partial charge in [0, 0.05) is 36.3 Å². The van der Waals surface area contributed by atoms with E-state index in [1.165, 1.54) is 11.1 Å². The first-order valence-corrected chi connectivity index (χ1v) is 12.1. The van der Waals surface area contributed by atoms with E-state index in [0.29, 0.717) is 5.92 Å². The van der Waals surface area contributed by atoms with Crippen LogP contribution in [-0.2, 0) is 11.2 Å². The number of aryl methyl sites for hydroxylation is 1. The van der Waals surface area contributed by atoms with Crippen LogP contribution < -0.4 is 0 Å². The Labute approximate surface area is 201 Å². The second kappa shape index (κ2) is 10.8. The van der Waals surface area contributed by atoms with E-state index in [0.717, 1.165) is 67.2 Å². The highest BCUT2D eigenvalue weighted by Gasteiger charge is 2.35. The highest BCUT2D eigenvalue weighted by atomic mass is 35.5. The summed E-state index contributed by atoms with van der Waals surface area (Å²) >= 11 is 6.34. The number of carbonyl (C=O) groups is 1. The molecule has 1 saturated heterocycles. The zero-order valence-corrected chi connectivity index (χ0v) is 19.9. The lowest BCUT2D eigenvalue weighted by Gasteiger charge is -2.36. The van der Waals surface area contributed by atoms with Crippen molar-refractivity contribution in [3.8, 4) is 0 Å². The number of hydrogen-bond donors (Lipinski definition) is 1. The largest absolute Gasteiger partial charge is 0.345 e. The van der Waals surface area contributed by atoms with Gasteiger partial charge in [0.05, 0.1) is 23.9 Å². The van der Waals surface area contributed by atoms with E-state index in [1.54, 1.807) is 24.7 Å². The molecule has 1 aromatic carbocycles. The van der Waals surface area contributed by atoms with Crippen molar-refractivity contribution in [3.63, 3.8) is 0 Å². The Bertz CT molecular complexity index is 1080. The number of amides is 1. The summed E-state index contributed by atoms with van der Waals surface area (Å²) in [6.07, 6.45) is 15.3. The van der Waals surface area contributed by atoms with Crippen LogP contribution in [0.2, 0.25) is 5.02 Å². The minimum atomic E-state index is 0.0419. The van der Waals surface area contributed by atoms with Crippen LogP contribution in [0.15, 0.2) is 66.2 Å². The molecule has 0 bridgehead atoms. The number of imidazole rings is 1. The smallest absolute Gasteiger partial charge is 0.246 e. The van der Waals surface area contributed by atoms with Gasteiger partial charge in [-0.1, -0.05) is 37.2 Å². The number of allylic oxidation sites excluding steroid dienone is 2. The van der Waals surface area contributed by atoms with Gasteiger partial charge in [-0.3, -0.25) is 9.79 Å². The van der Waals surface area contributed by atoms with Crippen molar-refractivity contribution in [2.75, 3.05) is 13.1 Å². The number of piperidine rings is 1. The van der Waals surface area contributed by atoms with Crippen molar-refractivity contribution in [2.45, 2.75) is 44.9 Å². The first-order chi connectivity index (χ1) is 16.1. The molecule has 1 amide bonds. The van der Waals surface area contributed by atoms with E-state index in [4.69, 9.17) is 16.6 Å². The molecule has 1 fully saturated rings. The summed E-state index contributed by atoms with van der Waals surface area (Å²) in [5, 5.41) is 0.772. The van der Waals surface area contributed by atoms with Crippen LogP contribution in [0.1, 0.15) is 55.3 Å². The Kier molecular flexibility index (Phi) is 7.61. The third-order valence-corrected chi connectivity index (χ3v) is 6.83. The standard InChI is InChI=1S/C27H31ClN4O/c1-3-4-13-30-27-19(2)5-6-21-16-22(28)7-9-24(21)26(27)20-11-14-32(15-12-20)25(33)10-8-23-17-29-18-31-23/h4,7-10,13,16-18,20,26H,2-3,5-6,11-12,14-15H2,1H3,(H,29,31)/b10-8+,13-4-,30-27?. The fourth-order valence-corrected chi connectivity index (χ4v) is 5.03. The number of aliphatic imine (C=N–C) groups is 1. The molecule has 2 aromatic rings. The van der Waals surface area contributed by atoms with Gasteiger partial charge in [0.15, 0.2) is 0 Å². The molecule has 1 aromatic heterocycles. The zero-order chi connectivity index (χ0) is 23.2. The third kappa shape index (κ3) is 5.53. The van der Waals surface area contributed by atoms with Gasteiger partial charge in [0.1, 0.15) is 0 Å². The SMILES string of the molecule is C=C1CCc2cc(Cl)ccc2C(C2CCN(C(=O)/C=C/c3cnc[nH]3)CC2)C1=N/C=C\CC.